The summed E-state index contributed by atoms with van der Waals surface area (Å²) < 4.78 is 17.9. The minimum atomic E-state index is -2.24. The molecule has 0 N–H and O–H groups in total. The van der Waals surface area contributed by atoms with Gasteiger partial charge in [0, 0.05) is 5.56 Å². The van der Waals surface area contributed by atoms with Crippen molar-refractivity contribution in [1.29, 1.82) is 0 Å². The molecule has 0 saturated heterocycles. The molecule has 0 aliphatic rings. The molecule has 4 heteroatoms. The number of benzene rings is 1. The Kier molecular flexibility index (Phi) is 4.37. The van der Waals surface area contributed by atoms with Gasteiger partial charge in [0.15, 0.2) is 0 Å². The Labute approximate surface area is 99.6 Å². The van der Waals surface area contributed by atoms with Crippen molar-refractivity contribution in [3.63, 3.8) is 0 Å². The van der Waals surface area contributed by atoms with Crippen LogP contribution in [0.3, 0.4) is 0 Å². The summed E-state index contributed by atoms with van der Waals surface area (Å²) in [4.78, 5) is 22.7. The van der Waals surface area contributed by atoms with E-state index in [0.29, 0.717) is 0 Å². The highest BCUT2D eigenvalue weighted by atomic mass is 19.1. The Hall–Kier alpha value is -1.71. The van der Waals surface area contributed by atoms with E-state index >= 15 is 0 Å². The molecule has 0 bridgehead atoms. The van der Waals surface area contributed by atoms with Crippen LogP contribution in [-0.2, 0) is 9.53 Å². The number of carbonyl (C=O) groups is 2. The zero-order chi connectivity index (χ0) is 13.0. The van der Waals surface area contributed by atoms with Crippen molar-refractivity contribution in [2.75, 3.05) is 6.61 Å². The molecule has 92 valence electrons. The number of aryl methyl sites for hydroxylation is 2. The molecule has 0 spiro atoms. The van der Waals surface area contributed by atoms with Gasteiger partial charge in [-0.25, -0.2) is 9.18 Å². The predicted octanol–water partition coefficient (Wildman–Crippen LogP) is 2.39. The largest absolute Gasteiger partial charge is 0.463 e. The summed E-state index contributed by atoms with van der Waals surface area (Å²) in [5.74, 6) is -1.98. The van der Waals surface area contributed by atoms with Crippen LogP contribution in [0.15, 0.2) is 18.2 Å². The van der Waals surface area contributed by atoms with Crippen LogP contribution in [0.2, 0.25) is 0 Å². The van der Waals surface area contributed by atoms with Gasteiger partial charge in [-0.1, -0.05) is 12.1 Å². The molecule has 1 unspecified atom stereocenters. The van der Waals surface area contributed by atoms with Crippen LogP contribution >= 0.6 is 0 Å². The lowest BCUT2D eigenvalue weighted by atomic mass is 10.0. The third kappa shape index (κ3) is 3.12. The van der Waals surface area contributed by atoms with Gasteiger partial charge in [0.2, 0.25) is 5.78 Å². The molecule has 0 amide bonds. The molecular weight excluding hydrogens is 223 g/mol. The molecule has 0 radical (unpaired) electrons. The van der Waals surface area contributed by atoms with E-state index in [-0.39, 0.29) is 12.2 Å². The van der Waals surface area contributed by atoms with E-state index in [4.69, 9.17) is 0 Å². The van der Waals surface area contributed by atoms with E-state index in [2.05, 4.69) is 4.74 Å². The zero-order valence-corrected chi connectivity index (χ0v) is 10.1. The summed E-state index contributed by atoms with van der Waals surface area (Å²) in [6.45, 7) is 5.33. The highest BCUT2D eigenvalue weighted by molar-refractivity contribution is 6.11. The number of Topliss-reactive ketones (excluding diaryl/α,β-unsaturated/α-hetero) is 1. The predicted molar refractivity (Wildman–Crippen MR) is 61.8 cm³/mol. The maximum Gasteiger partial charge on any atom is 0.348 e. The Balaban J connectivity index is 2.89. The zero-order valence-electron chi connectivity index (χ0n) is 10.1. The highest BCUT2D eigenvalue weighted by Crippen LogP contribution is 2.13. The number of hydrogen-bond donors (Lipinski definition) is 0. The number of rotatable bonds is 4. The van der Waals surface area contributed by atoms with Gasteiger partial charge in [-0.3, -0.25) is 4.79 Å². The second-order valence-corrected chi connectivity index (χ2v) is 3.78. The van der Waals surface area contributed by atoms with Crippen molar-refractivity contribution in [2.24, 2.45) is 0 Å². The first-order chi connectivity index (χ1) is 7.97. The molecule has 3 nitrogen and oxygen atoms in total. The third-order valence-electron chi connectivity index (χ3n) is 2.52. The normalized spacial score (nSPS) is 12.0. The van der Waals surface area contributed by atoms with Gasteiger partial charge in [0.25, 0.3) is 6.17 Å². The molecule has 0 aliphatic heterocycles. The first-order valence-electron chi connectivity index (χ1n) is 5.39. The van der Waals surface area contributed by atoms with Gasteiger partial charge in [0.05, 0.1) is 6.61 Å². The van der Waals surface area contributed by atoms with Crippen LogP contribution < -0.4 is 0 Å². The van der Waals surface area contributed by atoms with E-state index in [1.54, 1.807) is 19.1 Å². The van der Waals surface area contributed by atoms with Crippen LogP contribution in [-0.4, -0.2) is 24.5 Å². The van der Waals surface area contributed by atoms with Gasteiger partial charge < -0.3 is 4.74 Å². The minimum absolute atomic E-state index is 0.0550. The number of carbonyl (C=O) groups excluding carboxylic acids is 2. The topological polar surface area (TPSA) is 43.4 Å². The van der Waals surface area contributed by atoms with Crippen LogP contribution in [0.4, 0.5) is 4.39 Å². The van der Waals surface area contributed by atoms with Crippen LogP contribution in [0.5, 0.6) is 0 Å². The Morgan fingerprint density at radius 1 is 1.29 bits per heavy atom. The molecular formula is C13H15FO3. The van der Waals surface area contributed by atoms with E-state index in [1.165, 1.54) is 6.07 Å². The fourth-order valence-corrected chi connectivity index (χ4v) is 1.36. The second-order valence-electron chi connectivity index (χ2n) is 3.78. The van der Waals surface area contributed by atoms with Crippen molar-refractivity contribution in [1.82, 2.24) is 0 Å². The van der Waals surface area contributed by atoms with E-state index in [1.807, 2.05) is 13.8 Å². The minimum Gasteiger partial charge on any atom is -0.463 e. The quantitative estimate of drug-likeness (QED) is 0.459. The first kappa shape index (κ1) is 13.4. The lowest BCUT2D eigenvalue weighted by molar-refractivity contribution is -0.147. The second kappa shape index (κ2) is 5.57. The SMILES string of the molecule is CCOC(=O)C(F)C(=O)c1ccc(C)c(C)c1. The smallest absolute Gasteiger partial charge is 0.348 e. The van der Waals surface area contributed by atoms with Crippen molar-refractivity contribution in [3.05, 3.63) is 34.9 Å². The summed E-state index contributed by atoms with van der Waals surface area (Å²) in [5, 5.41) is 0. The van der Waals surface area contributed by atoms with Gasteiger partial charge >= 0.3 is 5.97 Å². The maximum absolute atomic E-state index is 13.5. The van der Waals surface area contributed by atoms with Crippen molar-refractivity contribution < 1.29 is 18.7 Å². The Bertz CT molecular complexity index is 440. The van der Waals surface area contributed by atoms with Crippen molar-refractivity contribution in [3.8, 4) is 0 Å². The van der Waals surface area contributed by atoms with Crippen molar-refractivity contribution in [2.45, 2.75) is 26.9 Å². The average Bonchev–Trinajstić information content (AvgIpc) is 2.31. The fraction of sp³-hybridized carbons (Fsp3) is 0.385. The number of hydrogen-bond acceptors (Lipinski definition) is 3. The summed E-state index contributed by atoms with van der Waals surface area (Å²) >= 11 is 0. The monoisotopic (exact) mass is 238 g/mol. The van der Waals surface area contributed by atoms with Gasteiger partial charge in [-0.2, -0.15) is 0 Å². The molecule has 0 heterocycles. The number of ether oxygens (including phenoxy) is 1. The van der Waals surface area contributed by atoms with Gasteiger partial charge in [0.1, 0.15) is 0 Å². The van der Waals surface area contributed by atoms with E-state index < -0.39 is 17.9 Å². The van der Waals surface area contributed by atoms with Gasteiger partial charge in [-0.05, 0) is 38.0 Å². The van der Waals surface area contributed by atoms with Crippen LogP contribution in [0.1, 0.15) is 28.4 Å². The highest BCUT2D eigenvalue weighted by Gasteiger charge is 2.28. The summed E-state index contributed by atoms with van der Waals surface area (Å²) in [6.07, 6.45) is -2.24. The van der Waals surface area contributed by atoms with Crippen LogP contribution in [0.25, 0.3) is 0 Å². The molecule has 0 saturated carbocycles. The standard InChI is InChI=1S/C13H15FO3/c1-4-17-13(16)11(14)12(15)10-6-5-8(2)9(3)7-10/h5-7,11H,4H2,1-3H3. The molecule has 1 aromatic carbocycles. The lowest BCUT2D eigenvalue weighted by Crippen LogP contribution is -2.28. The maximum atomic E-state index is 13.5. The molecule has 0 aliphatic carbocycles. The summed E-state index contributed by atoms with van der Waals surface area (Å²) in [6, 6.07) is 4.81. The molecule has 1 atom stereocenters. The third-order valence-corrected chi connectivity index (χ3v) is 2.52. The molecule has 17 heavy (non-hydrogen) atoms. The van der Waals surface area contributed by atoms with Crippen molar-refractivity contribution >= 4 is 11.8 Å². The molecule has 1 aromatic rings. The Morgan fingerprint density at radius 3 is 2.47 bits per heavy atom. The summed E-state index contributed by atoms with van der Waals surface area (Å²) in [5.41, 5.74) is 2.08. The molecule has 1 rings (SSSR count). The summed E-state index contributed by atoms with van der Waals surface area (Å²) in [7, 11) is 0. The Morgan fingerprint density at radius 2 is 1.94 bits per heavy atom. The number of alkyl halides is 1. The number of esters is 1. The molecule has 0 aromatic heterocycles. The molecule has 0 fully saturated rings. The van der Waals surface area contributed by atoms with E-state index in [0.717, 1.165) is 11.1 Å². The number of halogens is 1. The van der Waals surface area contributed by atoms with E-state index in [9.17, 15) is 14.0 Å². The van der Waals surface area contributed by atoms with Crippen LogP contribution in [0, 0.1) is 13.8 Å². The number of ketones is 1. The lowest BCUT2D eigenvalue weighted by Gasteiger charge is -2.08. The average molecular weight is 238 g/mol. The fourth-order valence-electron chi connectivity index (χ4n) is 1.36. The first-order valence-corrected chi connectivity index (χ1v) is 5.39. The van der Waals surface area contributed by atoms with Gasteiger partial charge in [-0.15, -0.1) is 0 Å².